The Labute approximate surface area is 178 Å². The van der Waals surface area contributed by atoms with Crippen LogP contribution in [-0.2, 0) is 16.0 Å². The Morgan fingerprint density at radius 3 is 2.47 bits per heavy atom. The molecule has 2 fully saturated rings. The van der Waals surface area contributed by atoms with Crippen LogP contribution in [0, 0.1) is 0 Å². The first-order valence-corrected chi connectivity index (χ1v) is 10.7. The predicted octanol–water partition coefficient (Wildman–Crippen LogP) is 2.25. The molecular weight excluding hydrogens is 380 g/mol. The van der Waals surface area contributed by atoms with Gasteiger partial charge in [-0.05, 0) is 11.6 Å². The van der Waals surface area contributed by atoms with E-state index in [4.69, 9.17) is 19.2 Å². The number of hydrogen-bond acceptors (Lipinski definition) is 7. The van der Waals surface area contributed by atoms with E-state index in [0.29, 0.717) is 19.0 Å². The van der Waals surface area contributed by atoms with Gasteiger partial charge in [0.2, 0.25) is 5.88 Å². The number of nitrogens with zero attached hydrogens (tertiary/aromatic N) is 4. The molecule has 0 spiro atoms. The van der Waals surface area contributed by atoms with E-state index >= 15 is 0 Å². The Morgan fingerprint density at radius 1 is 0.967 bits per heavy atom. The summed E-state index contributed by atoms with van der Waals surface area (Å²) >= 11 is 0. The van der Waals surface area contributed by atoms with Crippen molar-refractivity contribution in [1.82, 2.24) is 9.88 Å². The number of pyridine rings is 1. The number of anilines is 1. The highest BCUT2D eigenvalue weighted by Gasteiger charge is 2.15. The van der Waals surface area contributed by atoms with E-state index in [1.54, 1.807) is 0 Å². The summed E-state index contributed by atoms with van der Waals surface area (Å²) in [5, 5.41) is 0. The fourth-order valence-corrected chi connectivity index (χ4v) is 3.59. The third kappa shape index (κ3) is 6.26. The van der Waals surface area contributed by atoms with Crippen LogP contribution in [0.5, 0.6) is 5.88 Å². The first kappa shape index (κ1) is 20.8. The molecule has 0 aliphatic carbocycles. The highest BCUT2D eigenvalue weighted by molar-refractivity contribution is 5.79. The fraction of sp³-hybridized carbons (Fsp3) is 0.478. The molecule has 0 radical (unpaired) electrons. The van der Waals surface area contributed by atoms with E-state index in [9.17, 15) is 0 Å². The number of benzene rings is 1. The van der Waals surface area contributed by atoms with Crippen LogP contribution in [0.3, 0.4) is 0 Å². The van der Waals surface area contributed by atoms with Gasteiger partial charge < -0.3 is 19.1 Å². The lowest BCUT2D eigenvalue weighted by Crippen LogP contribution is -2.38. The van der Waals surface area contributed by atoms with Crippen LogP contribution in [0.2, 0.25) is 0 Å². The third-order valence-electron chi connectivity index (χ3n) is 5.27. The molecule has 7 heteroatoms. The standard InChI is InChI=1S/C23H30N4O3/c1-2-4-20(5-3-1)18-24-19-21-16-22(27-9-13-29-14-10-27)17-23(25-21)30-15-8-26-6-11-28-12-7-26/h1-5,16-18H,6-15,19H2. The molecule has 30 heavy (non-hydrogen) atoms. The molecule has 7 nitrogen and oxygen atoms in total. The summed E-state index contributed by atoms with van der Waals surface area (Å²) in [6, 6.07) is 14.3. The van der Waals surface area contributed by atoms with Crippen molar-refractivity contribution in [3.8, 4) is 5.88 Å². The van der Waals surface area contributed by atoms with Crippen molar-refractivity contribution >= 4 is 11.9 Å². The molecule has 2 aromatic rings. The maximum absolute atomic E-state index is 6.04. The summed E-state index contributed by atoms with van der Waals surface area (Å²) in [7, 11) is 0. The maximum Gasteiger partial charge on any atom is 0.215 e. The first-order valence-electron chi connectivity index (χ1n) is 10.7. The number of morpholine rings is 2. The summed E-state index contributed by atoms with van der Waals surface area (Å²) in [5.74, 6) is 0.664. The van der Waals surface area contributed by atoms with Gasteiger partial charge in [0.25, 0.3) is 0 Å². The van der Waals surface area contributed by atoms with Gasteiger partial charge in [0.1, 0.15) is 6.61 Å². The summed E-state index contributed by atoms with van der Waals surface area (Å²) in [6.07, 6.45) is 1.89. The lowest BCUT2D eigenvalue weighted by atomic mass is 10.2. The number of aliphatic imine (C=N–C) groups is 1. The molecule has 0 N–H and O–H groups in total. The molecule has 1 aromatic heterocycles. The second kappa shape index (κ2) is 11.1. The van der Waals surface area contributed by atoms with E-state index in [0.717, 1.165) is 76.1 Å². The first-order chi connectivity index (χ1) is 14.9. The van der Waals surface area contributed by atoms with Gasteiger partial charge in [-0.25, -0.2) is 4.98 Å². The average Bonchev–Trinajstić information content (AvgIpc) is 2.81. The molecule has 2 saturated heterocycles. The molecule has 160 valence electrons. The topological polar surface area (TPSA) is 59.4 Å². The molecule has 0 bridgehead atoms. The van der Waals surface area contributed by atoms with Crippen LogP contribution >= 0.6 is 0 Å². The van der Waals surface area contributed by atoms with Crippen LogP contribution in [0.15, 0.2) is 47.5 Å². The Hall–Kier alpha value is -2.48. The molecule has 0 amide bonds. The molecule has 2 aliphatic heterocycles. The molecule has 0 atom stereocenters. The number of aromatic nitrogens is 1. The Morgan fingerprint density at radius 2 is 1.70 bits per heavy atom. The molecular formula is C23H30N4O3. The predicted molar refractivity (Wildman–Crippen MR) is 118 cm³/mol. The maximum atomic E-state index is 6.04. The van der Waals surface area contributed by atoms with Gasteiger partial charge in [-0.1, -0.05) is 30.3 Å². The highest BCUT2D eigenvalue weighted by Crippen LogP contribution is 2.23. The van der Waals surface area contributed by atoms with Crippen molar-refractivity contribution in [3.63, 3.8) is 0 Å². The van der Waals surface area contributed by atoms with E-state index in [2.05, 4.69) is 20.9 Å². The van der Waals surface area contributed by atoms with Gasteiger partial charge in [-0.3, -0.25) is 9.89 Å². The van der Waals surface area contributed by atoms with Crippen molar-refractivity contribution in [3.05, 3.63) is 53.7 Å². The molecule has 2 aliphatic rings. The zero-order chi connectivity index (χ0) is 20.4. The zero-order valence-corrected chi connectivity index (χ0v) is 17.4. The summed E-state index contributed by atoms with van der Waals surface area (Å²) in [4.78, 5) is 14.0. The molecule has 0 unspecified atom stereocenters. The fourth-order valence-electron chi connectivity index (χ4n) is 3.59. The minimum atomic E-state index is 0.521. The summed E-state index contributed by atoms with van der Waals surface area (Å²) in [6.45, 7) is 8.80. The Balaban J connectivity index is 1.42. The number of rotatable bonds is 8. The number of hydrogen-bond donors (Lipinski definition) is 0. The van der Waals surface area contributed by atoms with Crippen LogP contribution < -0.4 is 9.64 Å². The number of ether oxygens (including phenoxy) is 3. The van der Waals surface area contributed by atoms with Crippen molar-refractivity contribution in [2.45, 2.75) is 6.54 Å². The van der Waals surface area contributed by atoms with Gasteiger partial charge in [0.15, 0.2) is 0 Å². The molecule has 0 saturated carbocycles. The van der Waals surface area contributed by atoms with Gasteiger partial charge in [0, 0.05) is 50.7 Å². The van der Waals surface area contributed by atoms with Crippen LogP contribution in [0.1, 0.15) is 11.3 Å². The van der Waals surface area contributed by atoms with E-state index in [-0.39, 0.29) is 0 Å². The van der Waals surface area contributed by atoms with E-state index in [1.165, 1.54) is 0 Å². The van der Waals surface area contributed by atoms with Crippen LogP contribution in [0.25, 0.3) is 0 Å². The van der Waals surface area contributed by atoms with Gasteiger partial charge in [0.05, 0.1) is 38.7 Å². The van der Waals surface area contributed by atoms with Crippen molar-refractivity contribution in [2.75, 3.05) is 70.7 Å². The lowest BCUT2D eigenvalue weighted by molar-refractivity contribution is 0.0320. The Kier molecular flexibility index (Phi) is 7.66. The van der Waals surface area contributed by atoms with Gasteiger partial charge >= 0.3 is 0 Å². The van der Waals surface area contributed by atoms with Crippen LogP contribution in [0.4, 0.5) is 5.69 Å². The average molecular weight is 411 g/mol. The minimum absolute atomic E-state index is 0.521. The van der Waals surface area contributed by atoms with Crippen molar-refractivity contribution in [2.24, 2.45) is 4.99 Å². The van der Waals surface area contributed by atoms with Crippen molar-refractivity contribution in [1.29, 1.82) is 0 Å². The monoisotopic (exact) mass is 410 g/mol. The SMILES string of the molecule is C(=NCc1cc(N2CCOCC2)cc(OCCN2CCOCC2)n1)c1ccccc1. The summed E-state index contributed by atoms with van der Waals surface area (Å²) in [5.41, 5.74) is 3.12. The molecule has 1 aromatic carbocycles. The smallest absolute Gasteiger partial charge is 0.215 e. The Bertz CT molecular complexity index is 803. The largest absolute Gasteiger partial charge is 0.476 e. The lowest BCUT2D eigenvalue weighted by Gasteiger charge is -2.29. The normalized spacial score (nSPS) is 18.1. The third-order valence-corrected chi connectivity index (χ3v) is 5.27. The quantitative estimate of drug-likeness (QED) is 0.622. The summed E-state index contributed by atoms with van der Waals surface area (Å²) < 4.78 is 17.0. The molecule has 4 rings (SSSR count). The second-order valence-electron chi connectivity index (χ2n) is 7.44. The minimum Gasteiger partial charge on any atom is -0.476 e. The van der Waals surface area contributed by atoms with Crippen molar-refractivity contribution < 1.29 is 14.2 Å². The van der Waals surface area contributed by atoms with E-state index < -0.39 is 0 Å². The zero-order valence-electron chi connectivity index (χ0n) is 17.4. The highest BCUT2D eigenvalue weighted by atomic mass is 16.5. The van der Waals surface area contributed by atoms with Gasteiger partial charge in [-0.15, -0.1) is 0 Å². The van der Waals surface area contributed by atoms with Gasteiger partial charge in [-0.2, -0.15) is 0 Å². The second-order valence-corrected chi connectivity index (χ2v) is 7.44. The van der Waals surface area contributed by atoms with Crippen LogP contribution in [-0.4, -0.2) is 81.9 Å². The molecule has 3 heterocycles. The van der Waals surface area contributed by atoms with E-state index in [1.807, 2.05) is 42.6 Å².